The normalized spacial score (nSPS) is 12.3. The quantitative estimate of drug-likeness (QED) is 0.0737. The van der Waals surface area contributed by atoms with E-state index in [9.17, 15) is 45.7 Å². The zero-order chi connectivity index (χ0) is 38.6. The second kappa shape index (κ2) is 13.4. The van der Waals surface area contributed by atoms with Crippen molar-refractivity contribution in [3.63, 3.8) is 0 Å². The van der Waals surface area contributed by atoms with Gasteiger partial charge in [0.05, 0.1) is 5.69 Å². The highest BCUT2D eigenvalue weighted by Crippen LogP contribution is 2.42. The average Bonchev–Trinajstić information content (AvgIpc) is 3.07. The third kappa shape index (κ3) is 7.03. The van der Waals surface area contributed by atoms with Crippen molar-refractivity contribution in [3.05, 3.63) is 123 Å². The predicted octanol–water partition coefficient (Wildman–Crippen LogP) is 5.66. The molecule has 2 amide bonds. The summed E-state index contributed by atoms with van der Waals surface area (Å²) < 4.78 is 76.8. The number of carbonyl (C=O) groups excluding carboxylic acids is 1. The third-order valence-corrected chi connectivity index (χ3v) is 10.7. The lowest BCUT2D eigenvalue weighted by atomic mass is 9.92. The number of carboxylic acids is 1. The predicted molar refractivity (Wildman–Crippen MR) is 197 cm³/mol. The van der Waals surface area contributed by atoms with Crippen LogP contribution in [0.4, 0.5) is 27.5 Å². The van der Waals surface area contributed by atoms with Gasteiger partial charge in [-0.2, -0.15) is 16.8 Å². The van der Waals surface area contributed by atoms with Crippen molar-refractivity contribution >= 4 is 67.1 Å². The van der Waals surface area contributed by atoms with Crippen molar-refractivity contribution in [2.45, 2.75) is 30.6 Å². The second-order valence-electron chi connectivity index (χ2n) is 12.2. The Morgan fingerprint density at radius 3 is 2.08 bits per heavy atom. The van der Waals surface area contributed by atoms with Crippen LogP contribution in [0.5, 0.6) is 17.2 Å². The summed E-state index contributed by atoms with van der Waals surface area (Å²) >= 11 is 0. The van der Waals surface area contributed by atoms with Crippen LogP contribution in [-0.2, 0) is 20.2 Å². The molecule has 0 atom stereocenters. The van der Waals surface area contributed by atoms with E-state index in [-0.39, 0.29) is 44.4 Å². The van der Waals surface area contributed by atoms with E-state index in [1.165, 1.54) is 32.0 Å². The highest BCUT2D eigenvalue weighted by molar-refractivity contribution is 7.86. The molecule has 14 nitrogen and oxygen atoms in total. The molecule has 0 aliphatic carbocycles. The lowest BCUT2D eigenvalue weighted by Crippen LogP contribution is -2.22. The number of anilines is 4. The van der Waals surface area contributed by atoms with Gasteiger partial charge in [0, 0.05) is 45.0 Å². The van der Waals surface area contributed by atoms with Gasteiger partial charge in [0.2, 0.25) is 0 Å². The van der Waals surface area contributed by atoms with Crippen LogP contribution in [0.25, 0.3) is 12.2 Å². The number of rotatable bonds is 8. The standard InChI is InChI=1S/C37H31N3O11S2/c1-18-9-12-24-29(15-18)51-30-17-23(10-13-25(30)32(24)26-7-5-6-8-31(26)52(45,46)47)38-33-19(2)34(21(4)35(20(33)3)53(48,49)50)40-37(44)39-22-11-14-28(41)27(16-22)36(42)43/h5-17,38,41H,1H2,2-4H3,(H,42,43)(H2,39,40,44)(H,45,46,47)(H,48,49,50). The van der Waals surface area contributed by atoms with Gasteiger partial charge in [0.25, 0.3) is 20.2 Å². The van der Waals surface area contributed by atoms with E-state index in [4.69, 9.17) is 4.74 Å². The summed E-state index contributed by atoms with van der Waals surface area (Å²) in [7, 11) is -9.48. The Balaban J connectivity index is 1.44. The molecule has 0 spiro atoms. The second-order valence-corrected chi connectivity index (χ2v) is 14.9. The minimum Gasteiger partial charge on any atom is -0.507 e. The number of carbonyl (C=O) groups is 2. The summed E-state index contributed by atoms with van der Waals surface area (Å²) in [5.41, 5.74) is 1.82. The van der Waals surface area contributed by atoms with Crippen LogP contribution < -0.4 is 31.1 Å². The number of phenols is 1. The van der Waals surface area contributed by atoms with Crippen LogP contribution in [0, 0.1) is 20.8 Å². The number of amides is 2. The minimum atomic E-state index is -4.85. The fourth-order valence-electron chi connectivity index (χ4n) is 6.36. The summed E-state index contributed by atoms with van der Waals surface area (Å²) in [5, 5.41) is 28.5. The number of fused-ring (bicyclic) bond motifs is 2. The molecule has 5 aromatic carbocycles. The molecule has 1 aliphatic heterocycles. The van der Waals surface area contributed by atoms with Gasteiger partial charge in [-0.1, -0.05) is 36.9 Å². The Morgan fingerprint density at radius 1 is 0.717 bits per heavy atom. The van der Waals surface area contributed by atoms with Gasteiger partial charge in [-0.25, -0.2) is 9.59 Å². The minimum absolute atomic E-state index is 0.0176. The Labute approximate surface area is 303 Å². The molecular formula is C37H31N3O11S2. The number of ether oxygens (including phenoxy) is 1. The van der Waals surface area contributed by atoms with E-state index in [2.05, 4.69) is 22.5 Å². The van der Waals surface area contributed by atoms with Crippen LogP contribution in [0.2, 0.25) is 0 Å². The fraction of sp³-hybridized carbons (Fsp3) is 0.0811. The lowest BCUT2D eigenvalue weighted by Gasteiger charge is -2.25. The molecule has 53 heavy (non-hydrogen) atoms. The largest absolute Gasteiger partial charge is 0.507 e. The molecule has 0 fully saturated rings. The Morgan fingerprint density at radius 2 is 1.40 bits per heavy atom. The van der Waals surface area contributed by atoms with E-state index in [0.717, 1.165) is 12.1 Å². The molecule has 0 radical (unpaired) electrons. The van der Waals surface area contributed by atoms with Crippen LogP contribution >= 0.6 is 0 Å². The number of carboxylic acid groups (broad SMARTS) is 1. The summed E-state index contributed by atoms with van der Waals surface area (Å²) in [5.74, 6) is -1.30. The van der Waals surface area contributed by atoms with Gasteiger partial charge in [-0.3, -0.25) is 9.11 Å². The molecule has 0 unspecified atom stereocenters. The molecule has 1 heterocycles. The smallest absolute Gasteiger partial charge is 0.339 e. The molecule has 0 saturated heterocycles. The van der Waals surface area contributed by atoms with Crippen LogP contribution in [-0.4, -0.2) is 48.2 Å². The van der Waals surface area contributed by atoms with Crippen LogP contribution in [0.15, 0.2) is 88.7 Å². The molecular weight excluding hydrogens is 727 g/mol. The van der Waals surface area contributed by atoms with Crippen molar-refractivity contribution in [3.8, 4) is 17.2 Å². The molecule has 5 aromatic rings. The first-order valence-electron chi connectivity index (χ1n) is 15.6. The third-order valence-electron chi connectivity index (χ3n) is 8.65. The number of nitrogens with one attached hydrogen (secondary N) is 3. The van der Waals surface area contributed by atoms with Crippen molar-refractivity contribution in [2.24, 2.45) is 0 Å². The molecule has 272 valence electrons. The highest BCUT2D eigenvalue weighted by atomic mass is 32.2. The lowest BCUT2D eigenvalue weighted by molar-refractivity contribution is 0.0693. The van der Waals surface area contributed by atoms with Gasteiger partial charge in [0.15, 0.2) is 0 Å². The first-order chi connectivity index (χ1) is 24.8. The SMILES string of the molecule is C=c1ccc2c(c1)Oc1cc(Nc3c(C)c(NC(=O)Nc4ccc(O)c(C(=O)O)c4)c(C)c(S(=O)(=O)O)c3C)ccc1C=2c1ccccc1S(=O)(=O)O. The molecule has 0 aromatic heterocycles. The summed E-state index contributed by atoms with van der Waals surface area (Å²) in [6.07, 6.45) is 0. The topological polar surface area (TPSA) is 229 Å². The number of aromatic carboxylic acids is 1. The maximum atomic E-state index is 13.1. The monoisotopic (exact) mass is 757 g/mol. The van der Waals surface area contributed by atoms with E-state index >= 15 is 0 Å². The number of urea groups is 1. The van der Waals surface area contributed by atoms with E-state index in [1.807, 2.05) is 0 Å². The van der Waals surface area contributed by atoms with Crippen molar-refractivity contribution in [1.29, 1.82) is 0 Å². The van der Waals surface area contributed by atoms with Crippen molar-refractivity contribution < 1.29 is 50.5 Å². The first kappa shape index (κ1) is 36.6. The van der Waals surface area contributed by atoms with E-state index in [0.29, 0.717) is 38.6 Å². The zero-order valence-electron chi connectivity index (χ0n) is 28.2. The van der Waals surface area contributed by atoms with Crippen LogP contribution in [0.1, 0.15) is 38.2 Å². The summed E-state index contributed by atoms with van der Waals surface area (Å²) in [6.45, 7) is 8.43. The van der Waals surface area contributed by atoms with E-state index < -0.39 is 48.4 Å². The number of hydrogen-bond acceptors (Lipinski definition) is 9. The molecule has 0 saturated carbocycles. The van der Waals surface area contributed by atoms with Gasteiger partial charge < -0.3 is 30.9 Å². The molecule has 16 heteroatoms. The Bertz CT molecular complexity index is 2750. The Kier molecular flexibility index (Phi) is 9.26. The van der Waals surface area contributed by atoms with Gasteiger partial charge in [0.1, 0.15) is 32.6 Å². The molecule has 6 rings (SSSR count). The average molecular weight is 758 g/mol. The van der Waals surface area contributed by atoms with Crippen molar-refractivity contribution in [2.75, 3.05) is 16.0 Å². The Hall–Kier alpha value is -6.20. The summed E-state index contributed by atoms with van der Waals surface area (Å²) in [6, 6.07) is 18.5. The number of hydrogen-bond donors (Lipinski definition) is 7. The number of aromatic hydroxyl groups is 1. The van der Waals surface area contributed by atoms with E-state index in [1.54, 1.807) is 55.5 Å². The first-order valence-corrected chi connectivity index (χ1v) is 18.5. The summed E-state index contributed by atoms with van der Waals surface area (Å²) in [4.78, 5) is 23.8. The molecule has 1 aliphatic rings. The maximum absolute atomic E-state index is 13.1. The maximum Gasteiger partial charge on any atom is 0.339 e. The molecule has 7 N–H and O–H groups in total. The fourth-order valence-corrected chi connectivity index (χ4v) is 8.04. The van der Waals surface area contributed by atoms with Gasteiger partial charge >= 0.3 is 12.0 Å². The zero-order valence-corrected chi connectivity index (χ0v) is 29.8. The highest BCUT2D eigenvalue weighted by Gasteiger charge is 2.28. The molecule has 0 bridgehead atoms. The van der Waals surface area contributed by atoms with Gasteiger partial charge in [-0.15, -0.1) is 0 Å². The van der Waals surface area contributed by atoms with Crippen LogP contribution in [0.3, 0.4) is 0 Å². The van der Waals surface area contributed by atoms with Crippen molar-refractivity contribution in [1.82, 2.24) is 0 Å². The van der Waals surface area contributed by atoms with Gasteiger partial charge in [-0.05, 0) is 85.1 Å². The number of benzene rings is 5.